The van der Waals surface area contributed by atoms with Crippen LogP contribution in [0.2, 0.25) is 5.02 Å². The van der Waals surface area contributed by atoms with E-state index in [1.54, 1.807) is 47.4 Å². The van der Waals surface area contributed by atoms with Gasteiger partial charge >= 0.3 is 5.97 Å². The molecule has 0 bridgehead atoms. The molecule has 0 saturated carbocycles. The third-order valence-corrected chi connectivity index (χ3v) is 5.26. The second-order valence-corrected chi connectivity index (χ2v) is 7.59. The zero-order chi connectivity index (χ0) is 23.4. The number of hydrogen-bond donors (Lipinski definition) is 0. The number of methoxy groups -OCH3 is 1. The zero-order valence-corrected chi connectivity index (χ0v) is 18.9. The van der Waals surface area contributed by atoms with E-state index in [2.05, 4.69) is 4.99 Å². The van der Waals surface area contributed by atoms with E-state index in [0.29, 0.717) is 28.7 Å². The van der Waals surface area contributed by atoms with E-state index in [4.69, 9.17) is 21.1 Å². The fourth-order valence-electron chi connectivity index (χ4n) is 3.40. The first-order valence-electron chi connectivity index (χ1n) is 10.3. The monoisotopic (exact) mass is 460 g/mol. The molecule has 7 heteroatoms. The molecule has 0 atom stereocenters. The van der Waals surface area contributed by atoms with Gasteiger partial charge in [-0.25, -0.2) is 9.79 Å². The summed E-state index contributed by atoms with van der Waals surface area (Å²) in [4.78, 5) is 31.3. The Morgan fingerprint density at radius 1 is 1.00 bits per heavy atom. The van der Waals surface area contributed by atoms with E-state index < -0.39 is 5.97 Å². The summed E-state index contributed by atoms with van der Waals surface area (Å²) in [6.07, 6.45) is 1.69. The Morgan fingerprint density at radius 3 is 2.27 bits per heavy atom. The summed E-state index contributed by atoms with van der Waals surface area (Å²) in [6.45, 7) is 2.47. The van der Waals surface area contributed by atoms with Crippen molar-refractivity contribution in [3.05, 3.63) is 100 Å². The number of hydrogen-bond acceptors (Lipinski definition) is 5. The van der Waals surface area contributed by atoms with Crippen LogP contribution in [0.1, 0.15) is 28.4 Å². The van der Waals surface area contributed by atoms with Gasteiger partial charge in [-0.3, -0.25) is 9.69 Å². The molecule has 0 saturated heterocycles. The van der Waals surface area contributed by atoms with E-state index in [9.17, 15) is 9.59 Å². The SMILES string of the molecule is CCOc1ccc(N2C(=O)/C(=C\c3ccc(C(=O)OC)cc3)N=C2c2ccc(Cl)cc2)cc1. The zero-order valence-electron chi connectivity index (χ0n) is 18.1. The number of carbonyl (C=O) groups excluding carboxylic acids is 2. The Kier molecular flexibility index (Phi) is 6.56. The molecule has 0 radical (unpaired) electrons. The van der Waals surface area contributed by atoms with Gasteiger partial charge < -0.3 is 9.47 Å². The molecule has 0 N–H and O–H groups in total. The molecule has 0 fully saturated rings. The molecule has 0 unspecified atom stereocenters. The minimum Gasteiger partial charge on any atom is -0.494 e. The maximum atomic E-state index is 13.4. The van der Waals surface area contributed by atoms with Crippen molar-refractivity contribution in [1.82, 2.24) is 0 Å². The van der Waals surface area contributed by atoms with Crippen LogP contribution < -0.4 is 9.64 Å². The average Bonchev–Trinajstić information content (AvgIpc) is 3.16. The van der Waals surface area contributed by atoms with Gasteiger partial charge in [-0.1, -0.05) is 23.7 Å². The normalized spacial score (nSPS) is 14.4. The minimum atomic E-state index is -0.420. The molecule has 1 amide bonds. The number of amidine groups is 1. The Balaban J connectivity index is 1.73. The van der Waals surface area contributed by atoms with Crippen molar-refractivity contribution in [1.29, 1.82) is 0 Å². The molecule has 1 heterocycles. The van der Waals surface area contributed by atoms with Gasteiger partial charge in [-0.2, -0.15) is 0 Å². The molecule has 0 aliphatic carbocycles. The number of benzene rings is 3. The lowest BCUT2D eigenvalue weighted by Crippen LogP contribution is -2.32. The van der Waals surface area contributed by atoms with Crippen molar-refractivity contribution in [2.75, 3.05) is 18.6 Å². The van der Waals surface area contributed by atoms with Crippen molar-refractivity contribution in [2.45, 2.75) is 6.92 Å². The summed E-state index contributed by atoms with van der Waals surface area (Å²) in [6, 6.07) is 21.2. The summed E-state index contributed by atoms with van der Waals surface area (Å²) >= 11 is 6.05. The summed E-state index contributed by atoms with van der Waals surface area (Å²) < 4.78 is 10.2. The molecule has 3 aromatic carbocycles. The Labute approximate surface area is 196 Å². The summed E-state index contributed by atoms with van der Waals surface area (Å²) in [7, 11) is 1.33. The van der Waals surface area contributed by atoms with Crippen LogP contribution in [0.5, 0.6) is 5.75 Å². The fourth-order valence-corrected chi connectivity index (χ4v) is 3.52. The quantitative estimate of drug-likeness (QED) is 0.367. The molecule has 166 valence electrons. The summed E-state index contributed by atoms with van der Waals surface area (Å²) in [5.74, 6) is 0.537. The number of halogens is 1. The fraction of sp³-hybridized carbons (Fsp3) is 0.115. The lowest BCUT2D eigenvalue weighted by Gasteiger charge is -2.19. The highest BCUT2D eigenvalue weighted by molar-refractivity contribution is 6.34. The predicted octanol–water partition coefficient (Wildman–Crippen LogP) is 5.36. The molecule has 6 nitrogen and oxygen atoms in total. The number of aliphatic imine (C=N–C) groups is 1. The van der Waals surface area contributed by atoms with E-state index in [1.807, 2.05) is 43.3 Å². The Morgan fingerprint density at radius 2 is 1.67 bits per heavy atom. The van der Waals surface area contributed by atoms with Crippen LogP contribution in [0.4, 0.5) is 5.69 Å². The smallest absolute Gasteiger partial charge is 0.337 e. The number of amides is 1. The first-order valence-corrected chi connectivity index (χ1v) is 10.7. The van der Waals surface area contributed by atoms with Crippen molar-refractivity contribution in [2.24, 2.45) is 4.99 Å². The van der Waals surface area contributed by atoms with E-state index in [1.165, 1.54) is 7.11 Å². The highest BCUT2D eigenvalue weighted by Gasteiger charge is 2.32. The molecule has 4 rings (SSSR count). The van der Waals surface area contributed by atoms with E-state index >= 15 is 0 Å². The van der Waals surface area contributed by atoms with Crippen LogP contribution in [0.15, 0.2) is 83.5 Å². The van der Waals surface area contributed by atoms with Gasteiger partial charge in [0.1, 0.15) is 17.3 Å². The summed E-state index contributed by atoms with van der Waals surface area (Å²) in [5, 5.41) is 0.595. The number of rotatable bonds is 6. The molecule has 1 aliphatic rings. The first-order chi connectivity index (χ1) is 16.0. The molecule has 3 aromatic rings. The Hall–Kier alpha value is -3.90. The molecular weight excluding hydrogens is 440 g/mol. The molecule has 0 spiro atoms. The topological polar surface area (TPSA) is 68.2 Å². The largest absolute Gasteiger partial charge is 0.494 e. The van der Waals surface area contributed by atoms with Crippen LogP contribution in [0.25, 0.3) is 6.08 Å². The molecule has 1 aliphatic heterocycles. The third kappa shape index (κ3) is 4.81. The number of esters is 1. The standard InChI is InChI=1S/C26H21ClN2O4/c1-3-33-22-14-12-21(13-15-22)29-24(18-8-10-20(27)11-9-18)28-23(25(29)30)16-17-4-6-19(7-5-17)26(31)32-2/h4-16H,3H2,1-2H3/b23-16+. The number of anilines is 1. The van der Waals surface area contributed by atoms with Gasteiger partial charge in [0.15, 0.2) is 0 Å². The molecular formula is C26H21ClN2O4. The lowest BCUT2D eigenvalue weighted by atomic mass is 10.1. The third-order valence-electron chi connectivity index (χ3n) is 5.00. The predicted molar refractivity (Wildman–Crippen MR) is 129 cm³/mol. The van der Waals surface area contributed by atoms with Gasteiger partial charge in [-0.05, 0) is 79.2 Å². The number of carbonyl (C=O) groups is 2. The number of nitrogens with zero attached hydrogens (tertiary/aromatic N) is 2. The first kappa shape index (κ1) is 22.3. The van der Waals surface area contributed by atoms with Gasteiger partial charge in [0.25, 0.3) is 5.91 Å². The van der Waals surface area contributed by atoms with Gasteiger partial charge in [0, 0.05) is 10.6 Å². The van der Waals surface area contributed by atoms with Crippen LogP contribution in [-0.4, -0.2) is 31.4 Å². The van der Waals surface area contributed by atoms with Crippen molar-refractivity contribution in [3.63, 3.8) is 0 Å². The van der Waals surface area contributed by atoms with E-state index in [0.717, 1.165) is 16.9 Å². The second kappa shape index (κ2) is 9.71. The van der Waals surface area contributed by atoms with Crippen LogP contribution in [0.3, 0.4) is 0 Å². The van der Waals surface area contributed by atoms with Crippen LogP contribution in [0, 0.1) is 0 Å². The molecule has 33 heavy (non-hydrogen) atoms. The number of ether oxygens (including phenoxy) is 2. The highest BCUT2D eigenvalue weighted by atomic mass is 35.5. The van der Waals surface area contributed by atoms with Crippen LogP contribution in [-0.2, 0) is 9.53 Å². The second-order valence-electron chi connectivity index (χ2n) is 7.15. The average molecular weight is 461 g/mol. The molecule has 0 aromatic heterocycles. The lowest BCUT2D eigenvalue weighted by molar-refractivity contribution is -0.113. The maximum absolute atomic E-state index is 13.4. The Bertz CT molecular complexity index is 1230. The van der Waals surface area contributed by atoms with Gasteiger partial charge in [-0.15, -0.1) is 0 Å². The summed E-state index contributed by atoms with van der Waals surface area (Å²) in [5.41, 5.74) is 2.87. The highest BCUT2D eigenvalue weighted by Crippen LogP contribution is 2.29. The maximum Gasteiger partial charge on any atom is 0.337 e. The van der Waals surface area contributed by atoms with Crippen molar-refractivity contribution >= 4 is 41.1 Å². The van der Waals surface area contributed by atoms with Crippen molar-refractivity contribution in [3.8, 4) is 5.75 Å². The van der Waals surface area contributed by atoms with Gasteiger partial charge in [0.05, 0.1) is 25.0 Å². The van der Waals surface area contributed by atoms with Crippen molar-refractivity contribution < 1.29 is 19.1 Å². The minimum absolute atomic E-state index is 0.263. The van der Waals surface area contributed by atoms with Crippen LogP contribution >= 0.6 is 11.6 Å². The van der Waals surface area contributed by atoms with E-state index in [-0.39, 0.29) is 11.6 Å². The van der Waals surface area contributed by atoms with Gasteiger partial charge in [0.2, 0.25) is 0 Å².